The van der Waals surface area contributed by atoms with E-state index in [4.69, 9.17) is 11.6 Å². The Morgan fingerprint density at radius 3 is 2.88 bits per heavy atom. The van der Waals surface area contributed by atoms with Gasteiger partial charge in [-0.2, -0.15) is 4.68 Å². The number of aryl methyl sites for hydroxylation is 1. The number of rotatable bonds is 6. The molecule has 1 aliphatic heterocycles. The molecule has 2 aromatic rings. The van der Waals surface area contributed by atoms with Crippen molar-refractivity contribution in [2.45, 2.75) is 51.9 Å². The van der Waals surface area contributed by atoms with Crippen LogP contribution in [0.1, 0.15) is 50.5 Å². The van der Waals surface area contributed by atoms with Crippen LogP contribution in [-0.4, -0.2) is 35.3 Å². The second-order valence-electron chi connectivity index (χ2n) is 8.81. The minimum atomic E-state index is -0.211. The van der Waals surface area contributed by atoms with Gasteiger partial charge in [0.25, 0.3) is 5.56 Å². The van der Waals surface area contributed by atoms with Gasteiger partial charge in [-0.15, -0.1) is 5.10 Å². The zero-order valence-electron chi connectivity index (χ0n) is 18.6. The lowest BCUT2D eigenvalue weighted by Gasteiger charge is -2.33. The monoisotopic (exact) mass is 454 g/mol. The van der Waals surface area contributed by atoms with Crippen molar-refractivity contribution in [1.29, 1.82) is 0 Å². The fourth-order valence-electron chi connectivity index (χ4n) is 4.49. The molecular formula is C25H31ClN4O2. The van der Waals surface area contributed by atoms with E-state index in [9.17, 15) is 9.59 Å². The number of carbonyl (C=O) groups excluding carboxylic acids is 1. The number of allylic oxidation sites excluding steroid dienone is 1. The lowest BCUT2D eigenvalue weighted by atomic mass is 9.96. The van der Waals surface area contributed by atoms with Crippen molar-refractivity contribution in [3.05, 3.63) is 62.9 Å². The number of hydrogen-bond donors (Lipinski definition) is 1. The Balaban J connectivity index is 1.41. The van der Waals surface area contributed by atoms with Crippen LogP contribution in [0.25, 0.3) is 5.69 Å². The number of amides is 1. The minimum Gasteiger partial charge on any atom is -0.355 e. The predicted molar refractivity (Wildman–Crippen MR) is 129 cm³/mol. The van der Waals surface area contributed by atoms with Gasteiger partial charge in [-0.1, -0.05) is 29.3 Å². The Labute approximate surface area is 194 Å². The van der Waals surface area contributed by atoms with Gasteiger partial charge >= 0.3 is 0 Å². The molecule has 1 aromatic heterocycles. The molecule has 6 nitrogen and oxygen atoms in total. The smallest absolute Gasteiger partial charge is 0.271 e. The number of carbonyl (C=O) groups is 1. The predicted octanol–water partition coefficient (Wildman–Crippen LogP) is 4.42. The van der Waals surface area contributed by atoms with Gasteiger partial charge in [-0.25, -0.2) is 0 Å². The summed E-state index contributed by atoms with van der Waals surface area (Å²) in [4.78, 5) is 27.3. The highest BCUT2D eigenvalue weighted by Crippen LogP contribution is 2.23. The molecule has 7 heteroatoms. The number of anilines is 1. The summed E-state index contributed by atoms with van der Waals surface area (Å²) in [6, 6.07) is 8.74. The third kappa shape index (κ3) is 5.41. The SMILES string of the molecule is Cc1ccc(-n2nc(N3CCCC(C(=O)NCCC4=CCCCC4)C3)ccc2=O)cc1Cl. The Bertz CT molecular complexity index is 1060. The molecule has 1 fully saturated rings. The molecule has 1 aliphatic carbocycles. The molecule has 1 saturated heterocycles. The molecule has 2 aliphatic rings. The first-order valence-corrected chi connectivity index (χ1v) is 12.0. The first-order valence-electron chi connectivity index (χ1n) is 11.6. The Hall–Kier alpha value is -2.60. The van der Waals surface area contributed by atoms with E-state index >= 15 is 0 Å². The molecule has 2 heterocycles. The Morgan fingerprint density at radius 1 is 1.22 bits per heavy atom. The van der Waals surface area contributed by atoms with Crippen LogP contribution in [0.15, 0.2) is 46.8 Å². The third-order valence-corrected chi connectivity index (χ3v) is 6.84. The molecule has 4 rings (SSSR count). The van der Waals surface area contributed by atoms with E-state index in [1.165, 1.54) is 42.0 Å². The normalized spacial score (nSPS) is 18.9. The van der Waals surface area contributed by atoms with Crippen LogP contribution in [0.5, 0.6) is 0 Å². The van der Waals surface area contributed by atoms with Gasteiger partial charge in [-0.05, 0) is 75.6 Å². The van der Waals surface area contributed by atoms with Gasteiger partial charge in [0, 0.05) is 30.7 Å². The summed E-state index contributed by atoms with van der Waals surface area (Å²) in [5.74, 6) is 0.746. The molecular weight excluding hydrogens is 424 g/mol. The van der Waals surface area contributed by atoms with Crippen molar-refractivity contribution in [3.8, 4) is 5.69 Å². The Kier molecular flexibility index (Phi) is 7.30. The summed E-state index contributed by atoms with van der Waals surface area (Å²) >= 11 is 6.25. The molecule has 1 N–H and O–H groups in total. The van der Waals surface area contributed by atoms with Crippen molar-refractivity contribution in [1.82, 2.24) is 15.1 Å². The molecule has 1 atom stereocenters. The van der Waals surface area contributed by atoms with Crippen LogP contribution < -0.4 is 15.8 Å². The van der Waals surface area contributed by atoms with Gasteiger partial charge in [0.2, 0.25) is 5.91 Å². The van der Waals surface area contributed by atoms with Gasteiger partial charge in [0.05, 0.1) is 11.6 Å². The number of nitrogens with zero attached hydrogens (tertiary/aromatic N) is 3. The van der Waals surface area contributed by atoms with Crippen LogP contribution in [0.4, 0.5) is 5.82 Å². The van der Waals surface area contributed by atoms with E-state index in [0.717, 1.165) is 31.4 Å². The van der Waals surface area contributed by atoms with Gasteiger partial charge < -0.3 is 10.2 Å². The van der Waals surface area contributed by atoms with E-state index in [0.29, 0.717) is 29.6 Å². The van der Waals surface area contributed by atoms with E-state index < -0.39 is 0 Å². The maximum Gasteiger partial charge on any atom is 0.271 e. The summed E-state index contributed by atoms with van der Waals surface area (Å²) in [6.45, 7) is 4.05. The summed E-state index contributed by atoms with van der Waals surface area (Å²) in [5.41, 5.74) is 2.85. The van der Waals surface area contributed by atoms with E-state index in [2.05, 4.69) is 21.4 Å². The number of benzene rings is 1. The summed E-state index contributed by atoms with van der Waals surface area (Å²) in [5, 5.41) is 8.32. The molecule has 0 spiro atoms. The largest absolute Gasteiger partial charge is 0.355 e. The quantitative estimate of drug-likeness (QED) is 0.656. The lowest BCUT2D eigenvalue weighted by Crippen LogP contribution is -2.44. The zero-order valence-corrected chi connectivity index (χ0v) is 19.4. The molecule has 1 unspecified atom stereocenters. The molecule has 1 aromatic carbocycles. The van der Waals surface area contributed by atoms with Crippen LogP contribution >= 0.6 is 11.6 Å². The van der Waals surface area contributed by atoms with Gasteiger partial charge in [0.15, 0.2) is 0 Å². The van der Waals surface area contributed by atoms with Crippen molar-refractivity contribution < 1.29 is 4.79 Å². The topological polar surface area (TPSA) is 67.2 Å². The first kappa shape index (κ1) is 22.6. The second kappa shape index (κ2) is 10.3. The number of hydrogen-bond acceptors (Lipinski definition) is 4. The fourth-order valence-corrected chi connectivity index (χ4v) is 4.66. The third-order valence-electron chi connectivity index (χ3n) is 6.43. The molecule has 170 valence electrons. The van der Waals surface area contributed by atoms with Gasteiger partial charge in [-0.3, -0.25) is 9.59 Å². The first-order chi connectivity index (χ1) is 15.5. The van der Waals surface area contributed by atoms with E-state index in [1.54, 1.807) is 12.1 Å². The summed E-state index contributed by atoms with van der Waals surface area (Å²) in [7, 11) is 0. The molecule has 0 saturated carbocycles. The number of aromatic nitrogens is 2. The highest BCUT2D eigenvalue weighted by Gasteiger charge is 2.27. The maximum atomic E-state index is 12.8. The number of piperidine rings is 1. The number of nitrogens with one attached hydrogen (secondary N) is 1. The standard InChI is InChI=1S/C25H31ClN4O2/c1-18-9-10-21(16-22(18)26)30-24(31)12-11-23(28-30)29-15-5-8-20(17-29)25(32)27-14-13-19-6-3-2-4-7-19/h6,9-12,16,20H,2-5,7-8,13-15,17H2,1H3,(H,27,32). The van der Waals surface area contributed by atoms with Crippen molar-refractivity contribution in [2.24, 2.45) is 5.92 Å². The Morgan fingerprint density at radius 2 is 2.09 bits per heavy atom. The van der Waals surface area contributed by atoms with E-state index in [-0.39, 0.29) is 17.4 Å². The fraction of sp³-hybridized carbons (Fsp3) is 0.480. The highest BCUT2D eigenvalue weighted by atomic mass is 35.5. The van der Waals surface area contributed by atoms with Crippen LogP contribution in [0, 0.1) is 12.8 Å². The minimum absolute atomic E-state index is 0.0694. The second-order valence-corrected chi connectivity index (χ2v) is 9.22. The summed E-state index contributed by atoms with van der Waals surface area (Å²) in [6.07, 6.45) is 9.96. The molecule has 1 amide bonds. The van der Waals surface area contributed by atoms with E-state index in [1.807, 2.05) is 19.1 Å². The zero-order chi connectivity index (χ0) is 22.5. The molecule has 32 heavy (non-hydrogen) atoms. The average molecular weight is 455 g/mol. The highest BCUT2D eigenvalue weighted by molar-refractivity contribution is 6.31. The van der Waals surface area contributed by atoms with Crippen LogP contribution in [0.2, 0.25) is 5.02 Å². The molecule has 0 bridgehead atoms. The summed E-state index contributed by atoms with van der Waals surface area (Å²) < 4.78 is 1.38. The maximum absolute atomic E-state index is 12.8. The lowest BCUT2D eigenvalue weighted by molar-refractivity contribution is -0.125. The molecule has 0 radical (unpaired) electrons. The van der Waals surface area contributed by atoms with Crippen LogP contribution in [-0.2, 0) is 4.79 Å². The van der Waals surface area contributed by atoms with Crippen molar-refractivity contribution >= 4 is 23.3 Å². The number of halogens is 1. The average Bonchev–Trinajstić information content (AvgIpc) is 2.82. The van der Waals surface area contributed by atoms with Crippen molar-refractivity contribution in [2.75, 3.05) is 24.5 Å². The van der Waals surface area contributed by atoms with Gasteiger partial charge in [0.1, 0.15) is 5.82 Å². The van der Waals surface area contributed by atoms with Crippen molar-refractivity contribution in [3.63, 3.8) is 0 Å². The van der Waals surface area contributed by atoms with Crippen LogP contribution in [0.3, 0.4) is 0 Å².